The zero-order valence-electron chi connectivity index (χ0n) is 8.54. The van der Waals surface area contributed by atoms with E-state index in [0.717, 1.165) is 0 Å². The van der Waals surface area contributed by atoms with Crippen LogP contribution in [0, 0.1) is 0 Å². The van der Waals surface area contributed by atoms with Gasteiger partial charge in [-0.25, -0.2) is 9.79 Å². The van der Waals surface area contributed by atoms with Crippen molar-refractivity contribution < 1.29 is 19.7 Å². The Bertz CT molecular complexity index is 321. The SMILES string of the molecule is NC1=NCN([C@H]2C[C@@H](O)[C@@H](CO)O2)C(=O)N1. The Kier molecular flexibility index (Phi) is 2.95. The highest BCUT2D eigenvalue weighted by atomic mass is 16.5. The molecule has 0 unspecified atom stereocenters. The first-order valence-electron chi connectivity index (χ1n) is 4.93. The molecule has 1 saturated heterocycles. The van der Waals surface area contributed by atoms with Gasteiger partial charge < -0.3 is 20.7 Å². The first-order valence-corrected chi connectivity index (χ1v) is 4.93. The van der Waals surface area contributed by atoms with Crippen LogP contribution in [0.3, 0.4) is 0 Å². The minimum absolute atomic E-state index is 0.0681. The minimum Gasteiger partial charge on any atom is -0.394 e. The number of urea groups is 1. The van der Waals surface area contributed by atoms with E-state index < -0.39 is 24.5 Å². The van der Waals surface area contributed by atoms with E-state index in [1.165, 1.54) is 4.90 Å². The number of guanidine groups is 1. The molecule has 16 heavy (non-hydrogen) atoms. The van der Waals surface area contributed by atoms with Gasteiger partial charge in [-0.1, -0.05) is 0 Å². The van der Waals surface area contributed by atoms with Gasteiger partial charge in [-0.2, -0.15) is 0 Å². The molecule has 2 rings (SSSR count). The van der Waals surface area contributed by atoms with Crippen LogP contribution < -0.4 is 11.1 Å². The third-order valence-corrected chi connectivity index (χ3v) is 2.62. The second-order valence-electron chi connectivity index (χ2n) is 3.70. The Morgan fingerprint density at radius 2 is 2.44 bits per heavy atom. The molecule has 0 aromatic carbocycles. The van der Waals surface area contributed by atoms with E-state index in [4.69, 9.17) is 15.6 Å². The van der Waals surface area contributed by atoms with Crippen LogP contribution >= 0.6 is 0 Å². The van der Waals surface area contributed by atoms with Gasteiger partial charge in [-0.05, 0) is 0 Å². The fourth-order valence-corrected chi connectivity index (χ4v) is 1.73. The Labute approximate surface area is 91.7 Å². The van der Waals surface area contributed by atoms with Crippen molar-refractivity contribution in [3.8, 4) is 0 Å². The molecule has 0 aromatic rings. The van der Waals surface area contributed by atoms with Crippen molar-refractivity contribution in [1.82, 2.24) is 10.2 Å². The summed E-state index contributed by atoms with van der Waals surface area (Å²) in [6, 6.07) is -0.414. The van der Waals surface area contributed by atoms with E-state index >= 15 is 0 Å². The van der Waals surface area contributed by atoms with E-state index in [2.05, 4.69) is 10.3 Å². The lowest BCUT2D eigenvalue weighted by Crippen LogP contribution is -2.54. The van der Waals surface area contributed by atoms with Crippen molar-refractivity contribution in [1.29, 1.82) is 0 Å². The average Bonchev–Trinajstić information content (AvgIpc) is 2.59. The molecule has 0 saturated carbocycles. The number of carbonyl (C=O) groups excluding carboxylic acids is 1. The third kappa shape index (κ3) is 1.94. The summed E-state index contributed by atoms with van der Waals surface area (Å²) in [6.07, 6.45) is -1.75. The Morgan fingerprint density at radius 1 is 1.69 bits per heavy atom. The summed E-state index contributed by atoms with van der Waals surface area (Å²) in [6.45, 7) is -0.189. The quantitative estimate of drug-likeness (QED) is 0.427. The first-order chi connectivity index (χ1) is 7.61. The lowest BCUT2D eigenvalue weighted by atomic mass is 10.2. The minimum atomic E-state index is -0.772. The number of nitrogens with zero attached hydrogens (tertiary/aromatic N) is 2. The van der Waals surface area contributed by atoms with Crippen LogP contribution in [0.15, 0.2) is 4.99 Å². The monoisotopic (exact) mass is 230 g/mol. The van der Waals surface area contributed by atoms with E-state index in [9.17, 15) is 9.90 Å². The van der Waals surface area contributed by atoms with Crippen LogP contribution in [-0.2, 0) is 4.74 Å². The molecule has 2 amide bonds. The fraction of sp³-hybridized carbons (Fsp3) is 0.750. The van der Waals surface area contributed by atoms with Crippen LogP contribution in [0.1, 0.15) is 6.42 Å². The third-order valence-electron chi connectivity index (χ3n) is 2.62. The van der Waals surface area contributed by atoms with Crippen molar-refractivity contribution in [2.75, 3.05) is 13.3 Å². The van der Waals surface area contributed by atoms with Crippen LogP contribution in [0.5, 0.6) is 0 Å². The molecule has 2 heterocycles. The molecule has 0 bridgehead atoms. The number of hydrogen-bond acceptors (Lipinski definition) is 6. The standard InChI is InChI=1S/C8H14N4O4/c9-7-10-3-12(8(15)11-7)6-1-4(14)5(2-13)16-6/h4-6,13-14H,1-3H2,(H3,9,10,11,15)/t4-,5-,6-/m1/s1. The van der Waals surface area contributed by atoms with Gasteiger partial charge in [0.1, 0.15) is 19.0 Å². The Morgan fingerprint density at radius 3 is 3.00 bits per heavy atom. The molecule has 8 nitrogen and oxygen atoms in total. The number of nitrogens with two attached hydrogens (primary N) is 1. The second kappa shape index (κ2) is 4.24. The molecule has 0 aromatic heterocycles. The molecule has 90 valence electrons. The second-order valence-corrected chi connectivity index (χ2v) is 3.70. The van der Waals surface area contributed by atoms with Crippen LogP contribution in [0.4, 0.5) is 4.79 Å². The van der Waals surface area contributed by atoms with E-state index in [0.29, 0.717) is 0 Å². The van der Waals surface area contributed by atoms with E-state index in [1.54, 1.807) is 0 Å². The molecule has 5 N–H and O–H groups in total. The fourth-order valence-electron chi connectivity index (χ4n) is 1.73. The molecule has 0 radical (unpaired) electrons. The molecule has 3 atom stereocenters. The molecule has 1 fully saturated rings. The van der Waals surface area contributed by atoms with E-state index in [-0.39, 0.29) is 25.7 Å². The normalized spacial score (nSPS) is 34.9. The first kappa shape index (κ1) is 11.1. The number of rotatable bonds is 2. The zero-order valence-corrected chi connectivity index (χ0v) is 8.54. The molecule has 8 heteroatoms. The number of nitrogens with one attached hydrogen (secondary N) is 1. The maximum absolute atomic E-state index is 11.5. The lowest BCUT2D eigenvalue weighted by molar-refractivity contribution is -0.0637. The lowest BCUT2D eigenvalue weighted by Gasteiger charge is -2.29. The van der Waals surface area contributed by atoms with Crippen molar-refractivity contribution >= 4 is 12.0 Å². The van der Waals surface area contributed by atoms with Gasteiger partial charge in [-0.15, -0.1) is 0 Å². The van der Waals surface area contributed by atoms with Crippen LogP contribution in [-0.4, -0.2) is 58.8 Å². The summed E-state index contributed by atoms with van der Waals surface area (Å²) in [5, 5.41) is 20.8. The summed E-state index contributed by atoms with van der Waals surface area (Å²) in [7, 11) is 0. The highest BCUT2D eigenvalue weighted by molar-refractivity contribution is 5.96. The highest BCUT2D eigenvalue weighted by Crippen LogP contribution is 2.23. The predicted molar refractivity (Wildman–Crippen MR) is 53.2 cm³/mol. The maximum atomic E-state index is 11.5. The molecular weight excluding hydrogens is 216 g/mol. The predicted octanol–water partition coefficient (Wildman–Crippen LogP) is -2.25. The summed E-state index contributed by atoms with van der Waals surface area (Å²) in [5.41, 5.74) is 5.33. The smallest absolute Gasteiger partial charge is 0.327 e. The molecule has 2 aliphatic heterocycles. The van der Waals surface area contributed by atoms with Crippen LogP contribution in [0.2, 0.25) is 0 Å². The van der Waals surface area contributed by atoms with E-state index in [1.807, 2.05) is 0 Å². The molecule has 0 spiro atoms. The molecule has 0 aliphatic carbocycles. The van der Waals surface area contributed by atoms with Gasteiger partial charge in [0.15, 0.2) is 5.96 Å². The Balaban J connectivity index is 2.02. The maximum Gasteiger partial charge on any atom is 0.327 e. The van der Waals surface area contributed by atoms with Crippen molar-refractivity contribution in [2.45, 2.75) is 24.9 Å². The largest absolute Gasteiger partial charge is 0.394 e. The Hall–Kier alpha value is -1.38. The van der Waals surface area contributed by atoms with Crippen LogP contribution in [0.25, 0.3) is 0 Å². The van der Waals surface area contributed by atoms with Gasteiger partial charge in [0.25, 0.3) is 0 Å². The van der Waals surface area contributed by atoms with Gasteiger partial charge in [0.2, 0.25) is 0 Å². The van der Waals surface area contributed by atoms with Gasteiger partial charge in [-0.3, -0.25) is 10.2 Å². The van der Waals surface area contributed by atoms with Crippen molar-refractivity contribution in [3.05, 3.63) is 0 Å². The topological polar surface area (TPSA) is 120 Å². The van der Waals surface area contributed by atoms with Gasteiger partial charge >= 0.3 is 6.03 Å². The summed E-state index contributed by atoms with van der Waals surface area (Å²) in [4.78, 5) is 16.7. The van der Waals surface area contributed by atoms with Gasteiger partial charge in [0, 0.05) is 6.42 Å². The molecule has 2 aliphatic rings. The number of amides is 2. The van der Waals surface area contributed by atoms with Crippen molar-refractivity contribution in [3.63, 3.8) is 0 Å². The summed E-state index contributed by atoms with van der Waals surface area (Å²) >= 11 is 0. The number of aliphatic imine (C=N–C) groups is 1. The summed E-state index contributed by atoms with van der Waals surface area (Å²) < 4.78 is 5.32. The zero-order chi connectivity index (χ0) is 11.7. The number of carbonyl (C=O) groups is 1. The van der Waals surface area contributed by atoms with Crippen molar-refractivity contribution in [2.24, 2.45) is 10.7 Å². The van der Waals surface area contributed by atoms with Gasteiger partial charge in [0.05, 0.1) is 12.7 Å². The number of aliphatic hydroxyl groups excluding tert-OH is 2. The average molecular weight is 230 g/mol. The number of aliphatic hydroxyl groups is 2. The number of ether oxygens (including phenoxy) is 1. The summed E-state index contributed by atoms with van der Waals surface area (Å²) in [5.74, 6) is 0.0681. The highest BCUT2D eigenvalue weighted by Gasteiger charge is 2.39. The molecular formula is C8H14N4O4. The number of hydrogen-bond donors (Lipinski definition) is 4.